The predicted octanol–water partition coefficient (Wildman–Crippen LogP) is 3.43. The van der Waals surface area contributed by atoms with Crippen molar-refractivity contribution < 1.29 is 23.6 Å². The third kappa shape index (κ3) is 3.49. The minimum absolute atomic E-state index is 0.386. The number of esters is 1. The van der Waals surface area contributed by atoms with E-state index in [1.165, 1.54) is 7.11 Å². The van der Waals surface area contributed by atoms with E-state index in [4.69, 9.17) is 18.8 Å². The SMILES string of the molecule is COC(=O)c1cc(C=CB2OC(C)(C)C(C)(C)O2)c(C)c(OC)c1. The second-order valence-corrected chi connectivity index (χ2v) is 6.87. The van der Waals surface area contributed by atoms with Crippen molar-refractivity contribution in [3.8, 4) is 5.75 Å². The fourth-order valence-corrected chi connectivity index (χ4v) is 2.48. The summed E-state index contributed by atoms with van der Waals surface area (Å²) in [6, 6.07) is 3.44. The Balaban J connectivity index is 2.31. The highest BCUT2D eigenvalue weighted by molar-refractivity contribution is 6.52. The van der Waals surface area contributed by atoms with Gasteiger partial charge in [-0.15, -0.1) is 0 Å². The molecule has 5 nitrogen and oxygen atoms in total. The number of ether oxygens (including phenoxy) is 2. The molecule has 0 bridgehead atoms. The number of hydrogen-bond acceptors (Lipinski definition) is 5. The van der Waals surface area contributed by atoms with Gasteiger partial charge in [-0.05, 0) is 57.9 Å². The van der Waals surface area contributed by atoms with Crippen LogP contribution in [0.25, 0.3) is 6.08 Å². The van der Waals surface area contributed by atoms with Crippen molar-refractivity contribution in [3.63, 3.8) is 0 Å². The third-order valence-corrected chi connectivity index (χ3v) is 4.75. The Bertz CT molecular complexity index is 648. The number of benzene rings is 1. The van der Waals surface area contributed by atoms with Crippen molar-refractivity contribution in [2.75, 3.05) is 14.2 Å². The molecule has 6 heteroatoms. The molecule has 0 aromatic heterocycles. The molecular formula is C18H25BO5. The molecule has 2 rings (SSSR count). The number of methoxy groups -OCH3 is 2. The Labute approximate surface area is 144 Å². The Morgan fingerprint density at radius 3 is 2.21 bits per heavy atom. The van der Waals surface area contributed by atoms with Crippen LogP contribution in [-0.2, 0) is 14.0 Å². The van der Waals surface area contributed by atoms with Crippen LogP contribution in [0.15, 0.2) is 18.1 Å². The Kier molecular flexibility index (Phi) is 5.11. The highest BCUT2D eigenvalue weighted by Crippen LogP contribution is 2.37. The molecule has 1 fully saturated rings. The van der Waals surface area contributed by atoms with Gasteiger partial charge >= 0.3 is 13.1 Å². The summed E-state index contributed by atoms with van der Waals surface area (Å²) < 4.78 is 22.0. The van der Waals surface area contributed by atoms with Crippen LogP contribution in [-0.4, -0.2) is 38.5 Å². The van der Waals surface area contributed by atoms with Gasteiger partial charge < -0.3 is 18.8 Å². The molecule has 0 N–H and O–H groups in total. The normalized spacial score (nSPS) is 18.9. The highest BCUT2D eigenvalue weighted by Gasteiger charge is 2.50. The molecule has 1 heterocycles. The first-order valence-electron chi connectivity index (χ1n) is 7.92. The van der Waals surface area contributed by atoms with Crippen molar-refractivity contribution >= 4 is 19.2 Å². The second-order valence-electron chi connectivity index (χ2n) is 6.87. The maximum Gasteiger partial charge on any atom is 0.487 e. The number of carbonyl (C=O) groups is 1. The summed E-state index contributed by atoms with van der Waals surface area (Å²) in [5, 5.41) is 0. The van der Waals surface area contributed by atoms with Crippen LogP contribution in [0.5, 0.6) is 5.75 Å². The van der Waals surface area contributed by atoms with Crippen molar-refractivity contribution in [3.05, 3.63) is 34.8 Å². The van der Waals surface area contributed by atoms with Gasteiger partial charge in [-0.25, -0.2) is 4.79 Å². The van der Waals surface area contributed by atoms with E-state index in [2.05, 4.69) is 0 Å². The summed E-state index contributed by atoms with van der Waals surface area (Å²) in [5.74, 6) is 2.07. The summed E-state index contributed by atoms with van der Waals surface area (Å²) in [5.41, 5.74) is 1.45. The fourth-order valence-electron chi connectivity index (χ4n) is 2.48. The molecule has 1 aliphatic heterocycles. The highest BCUT2D eigenvalue weighted by atomic mass is 16.7. The third-order valence-electron chi connectivity index (χ3n) is 4.75. The maximum absolute atomic E-state index is 11.8. The first-order chi connectivity index (χ1) is 11.1. The van der Waals surface area contributed by atoms with Crippen LogP contribution < -0.4 is 4.74 Å². The minimum Gasteiger partial charge on any atom is -0.496 e. The van der Waals surface area contributed by atoms with E-state index in [1.807, 2.05) is 46.7 Å². The monoisotopic (exact) mass is 332 g/mol. The lowest BCUT2D eigenvalue weighted by molar-refractivity contribution is 0.00578. The molecule has 24 heavy (non-hydrogen) atoms. The molecule has 1 aromatic carbocycles. The summed E-state index contributed by atoms with van der Waals surface area (Å²) in [4.78, 5) is 11.8. The molecular weight excluding hydrogens is 307 g/mol. The zero-order chi connectivity index (χ0) is 18.1. The first-order valence-corrected chi connectivity index (χ1v) is 7.92. The molecule has 1 aromatic rings. The van der Waals surface area contributed by atoms with Gasteiger partial charge in [-0.3, -0.25) is 0 Å². The van der Waals surface area contributed by atoms with Gasteiger partial charge in [0.25, 0.3) is 0 Å². The summed E-state index contributed by atoms with van der Waals surface area (Å²) in [7, 11) is 2.49. The van der Waals surface area contributed by atoms with E-state index < -0.39 is 13.1 Å². The van der Waals surface area contributed by atoms with Gasteiger partial charge in [-0.1, -0.05) is 12.1 Å². The van der Waals surface area contributed by atoms with Gasteiger partial charge in [0, 0.05) is 0 Å². The average Bonchev–Trinajstić information content (AvgIpc) is 2.72. The molecule has 0 radical (unpaired) electrons. The molecule has 0 spiro atoms. The lowest BCUT2D eigenvalue weighted by Crippen LogP contribution is -2.41. The van der Waals surface area contributed by atoms with E-state index >= 15 is 0 Å². The Morgan fingerprint density at radius 2 is 1.71 bits per heavy atom. The van der Waals surface area contributed by atoms with Crippen LogP contribution in [0.4, 0.5) is 0 Å². The van der Waals surface area contributed by atoms with Gasteiger partial charge in [0.05, 0.1) is 31.0 Å². The zero-order valence-corrected chi connectivity index (χ0v) is 15.4. The average molecular weight is 332 g/mol. The van der Waals surface area contributed by atoms with Crippen molar-refractivity contribution in [1.29, 1.82) is 0 Å². The quantitative estimate of drug-likeness (QED) is 0.624. The summed E-state index contributed by atoms with van der Waals surface area (Å²) >= 11 is 0. The van der Waals surface area contributed by atoms with Crippen LogP contribution >= 0.6 is 0 Å². The number of carbonyl (C=O) groups excluding carboxylic acids is 1. The maximum atomic E-state index is 11.8. The van der Waals surface area contributed by atoms with Crippen molar-refractivity contribution in [1.82, 2.24) is 0 Å². The van der Waals surface area contributed by atoms with Crippen molar-refractivity contribution in [2.24, 2.45) is 0 Å². The van der Waals surface area contributed by atoms with E-state index in [0.29, 0.717) is 11.3 Å². The smallest absolute Gasteiger partial charge is 0.487 e. The molecule has 0 atom stereocenters. The van der Waals surface area contributed by atoms with Gasteiger partial charge in [0.2, 0.25) is 0 Å². The molecule has 0 amide bonds. The van der Waals surface area contributed by atoms with Gasteiger partial charge in [0.1, 0.15) is 5.75 Å². The molecule has 1 aliphatic rings. The van der Waals surface area contributed by atoms with E-state index in [9.17, 15) is 4.79 Å². The largest absolute Gasteiger partial charge is 0.496 e. The summed E-state index contributed by atoms with van der Waals surface area (Å²) in [6.45, 7) is 9.96. The molecule has 0 unspecified atom stereocenters. The fraction of sp³-hybridized carbons (Fsp3) is 0.500. The Morgan fingerprint density at radius 1 is 1.12 bits per heavy atom. The molecule has 130 valence electrons. The van der Waals surface area contributed by atoms with E-state index in [0.717, 1.165) is 11.1 Å². The predicted molar refractivity (Wildman–Crippen MR) is 94.2 cm³/mol. The van der Waals surface area contributed by atoms with Crippen LogP contribution in [0.1, 0.15) is 49.2 Å². The zero-order valence-electron chi connectivity index (χ0n) is 15.4. The topological polar surface area (TPSA) is 54.0 Å². The summed E-state index contributed by atoms with van der Waals surface area (Å²) in [6.07, 6.45) is 1.88. The number of hydrogen-bond donors (Lipinski definition) is 0. The van der Waals surface area contributed by atoms with Crippen LogP contribution in [0.2, 0.25) is 0 Å². The van der Waals surface area contributed by atoms with Crippen molar-refractivity contribution in [2.45, 2.75) is 45.8 Å². The number of rotatable bonds is 4. The first kappa shape index (κ1) is 18.6. The Hall–Kier alpha value is -1.79. The van der Waals surface area contributed by atoms with E-state index in [1.54, 1.807) is 19.2 Å². The van der Waals surface area contributed by atoms with Crippen LogP contribution in [0, 0.1) is 6.92 Å². The minimum atomic E-state index is -0.442. The molecule has 0 saturated carbocycles. The van der Waals surface area contributed by atoms with Crippen LogP contribution in [0.3, 0.4) is 0 Å². The molecule has 1 saturated heterocycles. The standard InChI is InChI=1S/C18H25BO5/c1-12-13(10-14(16(20)22-7)11-15(12)21-6)8-9-19-23-17(2,3)18(4,5)24-19/h8-11H,1-7H3. The lowest BCUT2D eigenvalue weighted by atomic mass is 9.88. The molecule has 0 aliphatic carbocycles. The van der Waals surface area contributed by atoms with Gasteiger partial charge in [-0.2, -0.15) is 0 Å². The van der Waals surface area contributed by atoms with Gasteiger partial charge in [0.15, 0.2) is 0 Å². The van der Waals surface area contributed by atoms with E-state index in [-0.39, 0.29) is 11.2 Å². The second kappa shape index (κ2) is 6.61. The lowest BCUT2D eigenvalue weighted by Gasteiger charge is -2.32.